The van der Waals surface area contributed by atoms with Crippen LogP contribution in [0.3, 0.4) is 0 Å². The Kier molecular flexibility index (Phi) is 26.0. The summed E-state index contributed by atoms with van der Waals surface area (Å²) >= 11 is 0. The fraction of sp³-hybridized carbons (Fsp3) is 1.00. The predicted octanol–water partition coefficient (Wildman–Crippen LogP) is 3.72. The number of rotatable bonds is 22. The molecule has 1 unspecified atom stereocenters. The molecule has 1 atom stereocenters. The third kappa shape index (κ3) is 23.4. The normalized spacial score (nSPS) is 12.7. The summed E-state index contributed by atoms with van der Waals surface area (Å²) in [4.78, 5) is 0. The van der Waals surface area contributed by atoms with E-state index in [-0.39, 0.29) is 36.2 Å². The van der Waals surface area contributed by atoms with E-state index in [1.165, 1.54) is 64.2 Å². The molecule has 1 N–H and O–H groups in total. The SMILES string of the molecule is CCCCCCCCCCCCCCCC(CCCCCCCO)S(=O)(=O)[O-].[Na+]. The van der Waals surface area contributed by atoms with Crippen molar-refractivity contribution >= 4 is 10.1 Å². The van der Waals surface area contributed by atoms with Crippen LogP contribution in [0.25, 0.3) is 0 Å². The van der Waals surface area contributed by atoms with Crippen molar-refractivity contribution in [3.63, 3.8) is 0 Å². The van der Waals surface area contributed by atoms with E-state index in [1.54, 1.807) is 0 Å². The van der Waals surface area contributed by atoms with Crippen LogP contribution in [0.15, 0.2) is 0 Å². The van der Waals surface area contributed by atoms with Gasteiger partial charge in [-0.1, -0.05) is 116 Å². The molecule has 0 saturated carbocycles. The molecule has 0 amide bonds. The molecule has 0 radical (unpaired) electrons. The molecule has 0 saturated heterocycles. The Labute approximate surface area is 204 Å². The number of aliphatic hydroxyl groups is 1. The first-order chi connectivity index (χ1) is 13.5. The van der Waals surface area contributed by atoms with E-state index in [0.29, 0.717) is 12.8 Å². The molecule has 0 fully saturated rings. The number of unbranched alkanes of at least 4 members (excludes halogenated alkanes) is 16. The van der Waals surface area contributed by atoms with Crippen LogP contribution in [-0.2, 0) is 10.1 Å². The molecule has 0 aromatic rings. The van der Waals surface area contributed by atoms with E-state index in [1.807, 2.05) is 0 Å². The van der Waals surface area contributed by atoms with Gasteiger partial charge in [0.25, 0.3) is 0 Å². The van der Waals surface area contributed by atoms with Crippen molar-refractivity contribution < 1.29 is 47.6 Å². The van der Waals surface area contributed by atoms with Gasteiger partial charge >= 0.3 is 29.6 Å². The fourth-order valence-corrected chi connectivity index (χ4v) is 4.75. The van der Waals surface area contributed by atoms with Crippen molar-refractivity contribution in [1.29, 1.82) is 0 Å². The maximum Gasteiger partial charge on any atom is 1.00 e. The largest absolute Gasteiger partial charge is 1.00 e. The van der Waals surface area contributed by atoms with Crippen LogP contribution >= 0.6 is 0 Å². The summed E-state index contributed by atoms with van der Waals surface area (Å²) in [5.74, 6) is 0. The third-order valence-corrected chi connectivity index (χ3v) is 7.01. The first-order valence-corrected chi connectivity index (χ1v) is 13.5. The molecule has 6 heteroatoms. The second-order valence-corrected chi connectivity index (χ2v) is 10.1. The summed E-state index contributed by atoms with van der Waals surface area (Å²) < 4.78 is 34.4. The first kappa shape index (κ1) is 32.1. The molecule has 0 aliphatic heterocycles. The standard InChI is InChI=1S/C23H48O4S.Na/c1-2-3-4-5-6-7-8-9-10-11-12-14-17-20-23(28(25,26)27)21-18-15-13-16-19-22-24;/h23-24H,2-22H2,1H3,(H,25,26,27);/q;+1/p-1. The summed E-state index contributed by atoms with van der Waals surface area (Å²) in [6.07, 6.45) is 22.0. The smallest absolute Gasteiger partial charge is 0.748 e. The second kappa shape index (κ2) is 23.5. The van der Waals surface area contributed by atoms with E-state index in [2.05, 4.69) is 6.92 Å². The minimum atomic E-state index is -4.17. The van der Waals surface area contributed by atoms with Crippen LogP contribution in [0.5, 0.6) is 0 Å². The van der Waals surface area contributed by atoms with Gasteiger partial charge in [0.2, 0.25) is 0 Å². The van der Waals surface area contributed by atoms with E-state index in [4.69, 9.17) is 5.11 Å². The zero-order valence-corrected chi connectivity index (χ0v) is 22.3. The Hall–Kier alpha value is 0.870. The van der Waals surface area contributed by atoms with Crippen molar-refractivity contribution in [1.82, 2.24) is 0 Å². The Morgan fingerprint density at radius 3 is 1.24 bits per heavy atom. The van der Waals surface area contributed by atoms with Gasteiger partial charge in [-0.15, -0.1) is 0 Å². The van der Waals surface area contributed by atoms with Crippen LogP contribution in [0.1, 0.15) is 135 Å². The van der Waals surface area contributed by atoms with Crippen molar-refractivity contribution in [2.75, 3.05) is 6.61 Å². The Morgan fingerprint density at radius 2 is 0.931 bits per heavy atom. The minimum Gasteiger partial charge on any atom is -0.748 e. The van der Waals surface area contributed by atoms with Crippen LogP contribution in [0.2, 0.25) is 0 Å². The zero-order valence-electron chi connectivity index (χ0n) is 19.5. The van der Waals surface area contributed by atoms with Gasteiger partial charge in [0.15, 0.2) is 0 Å². The molecule has 29 heavy (non-hydrogen) atoms. The molecular weight excluding hydrogens is 395 g/mol. The maximum absolute atomic E-state index is 11.5. The fourth-order valence-electron chi connectivity index (χ4n) is 3.84. The van der Waals surface area contributed by atoms with Crippen molar-refractivity contribution in [3.05, 3.63) is 0 Å². The van der Waals surface area contributed by atoms with Crippen molar-refractivity contribution in [2.45, 2.75) is 141 Å². The summed E-state index contributed by atoms with van der Waals surface area (Å²) in [7, 11) is -4.17. The zero-order chi connectivity index (χ0) is 20.9. The minimum absolute atomic E-state index is 0. The van der Waals surface area contributed by atoms with Gasteiger partial charge < -0.3 is 9.66 Å². The van der Waals surface area contributed by atoms with Crippen LogP contribution in [0, 0.1) is 0 Å². The van der Waals surface area contributed by atoms with Crippen molar-refractivity contribution in [3.8, 4) is 0 Å². The van der Waals surface area contributed by atoms with Gasteiger partial charge in [0, 0.05) is 11.9 Å². The van der Waals surface area contributed by atoms with E-state index >= 15 is 0 Å². The van der Waals surface area contributed by atoms with Gasteiger partial charge in [0.1, 0.15) is 0 Å². The summed E-state index contributed by atoms with van der Waals surface area (Å²) in [6, 6.07) is 0. The number of hydrogen-bond donors (Lipinski definition) is 1. The van der Waals surface area contributed by atoms with E-state index < -0.39 is 15.4 Å². The van der Waals surface area contributed by atoms with Gasteiger partial charge in [-0.2, -0.15) is 0 Å². The predicted molar refractivity (Wildman–Crippen MR) is 119 cm³/mol. The molecule has 0 rings (SSSR count). The van der Waals surface area contributed by atoms with Crippen molar-refractivity contribution in [2.24, 2.45) is 0 Å². The quantitative estimate of drug-likeness (QED) is 0.157. The van der Waals surface area contributed by atoms with E-state index in [0.717, 1.165) is 51.4 Å². The monoisotopic (exact) mass is 442 g/mol. The Bertz CT molecular complexity index is 415. The number of aliphatic hydroxyl groups excluding tert-OH is 1. The molecule has 0 aliphatic carbocycles. The molecule has 0 aromatic carbocycles. The maximum atomic E-state index is 11.5. The molecule has 0 aromatic heterocycles. The Balaban J connectivity index is 0. The summed E-state index contributed by atoms with van der Waals surface area (Å²) in [6.45, 7) is 2.47. The molecule has 0 bridgehead atoms. The van der Waals surface area contributed by atoms with Crippen LogP contribution in [0.4, 0.5) is 0 Å². The van der Waals surface area contributed by atoms with Gasteiger partial charge in [-0.3, -0.25) is 0 Å². The summed E-state index contributed by atoms with van der Waals surface area (Å²) in [5, 5.41) is 8.05. The number of hydrogen-bond acceptors (Lipinski definition) is 4. The molecular formula is C23H47NaO4S. The topological polar surface area (TPSA) is 77.4 Å². The van der Waals surface area contributed by atoms with Gasteiger partial charge in [-0.05, 0) is 19.3 Å². The molecule has 0 aliphatic rings. The average Bonchev–Trinajstić information content (AvgIpc) is 2.65. The second-order valence-electron chi connectivity index (χ2n) is 8.43. The first-order valence-electron chi connectivity index (χ1n) is 12.1. The van der Waals surface area contributed by atoms with Gasteiger partial charge in [-0.25, -0.2) is 8.42 Å². The van der Waals surface area contributed by atoms with Crippen LogP contribution in [-0.4, -0.2) is 29.9 Å². The Morgan fingerprint density at radius 1 is 0.621 bits per heavy atom. The molecule has 0 heterocycles. The molecule has 4 nitrogen and oxygen atoms in total. The van der Waals surface area contributed by atoms with Gasteiger partial charge in [0.05, 0.1) is 10.1 Å². The van der Waals surface area contributed by atoms with E-state index in [9.17, 15) is 13.0 Å². The van der Waals surface area contributed by atoms with Crippen LogP contribution < -0.4 is 29.6 Å². The molecule has 170 valence electrons. The molecule has 0 spiro atoms. The third-order valence-electron chi connectivity index (χ3n) is 5.72. The summed E-state index contributed by atoms with van der Waals surface area (Å²) in [5.41, 5.74) is 0. The average molecular weight is 443 g/mol.